The zero-order valence-electron chi connectivity index (χ0n) is 8.77. The number of carbonyl (C=O) groups is 1. The molecule has 0 saturated heterocycles. The van der Waals surface area contributed by atoms with Crippen LogP contribution in [0.25, 0.3) is 11.3 Å². The summed E-state index contributed by atoms with van der Waals surface area (Å²) < 4.78 is 0. The van der Waals surface area contributed by atoms with Crippen molar-refractivity contribution in [2.45, 2.75) is 6.92 Å². The van der Waals surface area contributed by atoms with Gasteiger partial charge in [-0.05, 0) is 31.2 Å². The molecule has 0 unspecified atom stereocenters. The Balaban J connectivity index is 2.46. The third-order valence-corrected chi connectivity index (χ3v) is 2.62. The lowest BCUT2D eigenvalue weighted by molar-refractivity contribution is 0.101. The smallest absolute Gasteiger partial charge is 0.161 e. The molecule has 80 valence electrons. The Bertz CT molecular complexity index is 523. The molecule has 0 aliphatic carbocycles. The lowest BCUT2D eigenvalue weighted by atomic mass is 10.1. The van der Waals surface area contributed by atoms with E-state index in [9.17, 15) is 4.79 Å². The van der Waals surface area contributed by atoms with Gasteiger partial charge in [-0.25, -0.2) is 0 Å². The van der Waals surface area contributed by atoms with Crippen LogP contribution in [0.5, 0.6) is 0 Å². The van der Waals surface area contributed by atoms with E-state index in [0.29, 0.717) is 10.6 Å². The van der Waals surface area contributed by atoms with Crippen LogP contribution in [-0.4, -0.2) is 10.8 Å². The lowest BCUT2D eigenvalue weighted by Gasteiger charge is -2.04. The van der Waals surface area contributed by atoms with Gasteiger partial charge in [-0.1, -0.05) is 23.7 Å². The Hall–Kier alpha value is -1.67. The van der Waals surface area contributed by atoms with Crippen LogP contribution in [0.3, 0.4) is 0 Å². The maximum Gasteiger partial charge on any atom is 0.161 e. The summed E-state index contributed by atoms with van der Waals surface area (Å²) in [5.74, 6) is -0.0300. The number of hydrogen-bond acceptors (Lipinski definition) is 2. The fourth-order valence-corrected chi connectivity index (χ4v) is 1.81. The Morgan fingerprint density at radius 1 is 1.25 bits per heavy atom. The molecule has 0 saturated carbocycles. The largest absolute Gasteiger partial charge is 0.294 e. The number of ketones is 1. The van der Waals surface area contributed by atoms with Gasteiger partial charge >= 0.3 is 0 Å². The van der Waals surface area contributed by atoms with Crippen molar-refractivity contribution < 1.29 is 4.79 Å². The second-order valence-electron chi connectivity index (χ2n) is 3.47. The summed E-state index contributed by atoms with van der Waals surface area (Å²) in [4.78, 5) is 15.4. The van der Waals surface area contributed by atoms with E-state index in [4.69, 9.17) is 11.6 Å². The average Bonchev–Trinajstić information content (AvgIpc) is 2.29. The van der Waals surface area contributed by atoms with Gasteiger partial charge in [0.25, 0.3) is 0 Å². The van der Waals surface area contributed by atoms with Gasteiger partial charge in [0.1, 0.15) is 0 Å². The third kappa shape index (κ3) is 2.12. The van der Waals surface area contributed by atoms with E-state index in [2.05, 4.69) is 4.98 Å². The molecule has 3 heteroatoms. The molecule has 1 heterocycles. The number of Topliss-reactive ketones (excluding diaryl/α,β-unsaturated/α-hetero) is 1. The van der Waals surface area contributed by atoms with E-state index in [1.54, 1.807) is 18.3 Å². The molecule has 1 aromatic carbocycles. The highest BCUT2D eigenvalue weighted by atomic mass is 35.5. The SMILES string of the molecule is CC(=O)c1ccc(-c2ccccn2)cc1Cl. The summed E-state index contributed by atoms with van der Waals surface area (Å²) in [5, 5.41) is 0.468. The van der Waals surface area contributed by atoms with Crippen molar-refractivity contribution in [1.29, 1.82) is 0 Å². The highest BCUT2D eigenvalue weighted by Crippen LogP contribution is 2.24. The van der Waals surface area contributed by atoms with Gasteiger partial charge < -0.3 is 0 Å². The second-order valence-corrected chi connectivity index (χ2v) is 3.87. The first kappa shape index (κ1) is 10.8. The normalized spacial score (nSPS) is 10.1. The van der Waals surface area contributed by atoms with Crippen LogP contribution in [-0.2, 0) is 0 Å². The number of carbonyl (C=O) groups excluding carboxylic acids is 1. The van der Waals surface area contributed by atoms with Crippen molar-refractivity contribution in [3.05, 3.63) is 53.2 Å². The first-order valence-corrected chi connectivity index (χ1v) is 5.28. The summed E-state index contributed by atoms with van der Waals surface area (Å²) in [6, 6.07) is 11.0. The predicted octanol–water partition coefficient (Wildman–Crippen LogP) is 3.60. The van der Waals surface area contributed by atoms with Crippen LogP contribution in [0.2, 0.25) is 5.02 Å². The zero-order valence-corrected chi connectivity index (χ0v) is 9.53. The summed E-state index contributed by atoms with van der Waals surface area (Å²) in [6.07, 6.45) is 1.72. The molecule has 1 aromatic heterocycles. The van der Waals surface area contributed by atoms with Crippen LogP contribution in [0.1, 0.15) is 17.3 Å². The Labute approximate surface area is 98.9 Å². The van der Waals surface area contributed by atoms with Crippen LogP contribution < -0.4 is 0 Å². The summed E-state index contributed by atoms with van der Waals surface area (Å²) >= 11 is 6.03. The number of benzene rings is 1. The molecule has 0 amide bonds. The van der Waals surface area contributed by atoms with Crippen LogP contribution >= 0.6 is 11.6 Å². The minimum atomic E-state index is -0.0300. The maximum atomic E-state index is 11.2. The molecule has 0 fully saturated rings. The number of rotatable bonds is 2. The molecule has 0 radical (unpaired) electrons. The van der Waals surface area contributed by atoms with Crippen LogP contribution in [0, 0.1) is 0 Å². The number of aromatic nitrogens is 1. The van der Waals surface area contributed by atoms with Crippen LogP contribution in [0.15, 0.2) is 42.6 Å². The molecule has 0 spiro atoms. The highest BCUT2D eigenvalue weighted by molar-refractivity contribution is 6.34. The van der Waals surface area contributed by atoms with Crippen molar-refractivity contribution in [2.75, 3.05) is 0 Å². The van der Waals surface area contributed by atoms with E-state index in [1.807, 2.05) is 24.3 Å². The summed E-state index contributed by atoms with van der Waals surface area (Å²) in [6.45, 7) is 1.50. The molecule has 0 N–H and O–H groups in total. The molecule has 0 aliphatic heterocycles. The topological polar surface area (TPSA) is 30.0 Å². The Kier molecular flexibility index (Phi) is 3.02. The summed E-state index contributed by atoms with van der Waals surface area (Å²) in [5.41, 5.74) is 2.30. The fourth-order valence-electron chi connectivity index (χ4n) is 1.49. The lowest BCUT2D eigenvalue weighted by Crippen LogP contribution is -1.93. The number of halogens is 1. The van der Waals surface area contributed by atoms with Gasteiger partial charge in [-0.2, -0.15) is 0 Å². The molecule has 2 rings (SSSR count). The van der Waals surface area contributed by atoms with Gasteiger partial charge in [0.15, 0.2) is 5.78 Å². The highest BCUT2D eigenvalue weighted by Gasteiger charge is 2.07. The van der Waals surface area contributed by atoms with Gasteiger partial charge in [-0.15, -0.1) is 0 Å². The van der Waals surface area contributed by atoms with E-state index in [-0.39, 0.29) is 5.78 Å². The quantitative estimate of drug-likeness (QED) is 0.739. The Morgan fingerprint density at radius 2 is 2.06 bits per heavy atom. The fraction of sp³-hybridized carbons (Fsp3) is 0.0769. The van der Waals surface area contributed by atoms with Gasteiger partial charge in [-0.3, -0.25) is 9.78 Å². The van der Waals surface area contributed by atoms with Crippen molar-refractivity contribution >= 4 is 17.4 Å². The first-order chi connectivity index (χ1) is 7.68. The molecule has 2 aromatic rings. The molecule has 0 bridgehead atoms. The molecule has 0 aliphatic rings. The second kappa shape index (κ2) is 4.45. The molecule has 0 atom stereocenters. The molecular formula is C13H10ClNO. The maximum absolute atomic E-state index is 11.2. The van der Waals surface area contributed by atoms with Gasteiger partial charge in [0.2, 0.25) is 0 Å². The number of pyridine rings is 1. The third-order valence-electron chi connectivity index (χ3n) is 2.31. The van der Waals surface area contributed by atoms with E-state index in [0.717, 1.165) is 11.3 Å². The number of hydrogen-bond donors (Lipinski definition) is 0. The Morgan fingerprint density at radius 3 is 2.62 bits per heavy atom. The molecule has 2 nitrogen and oxygen atoms in total. The van der Waals surface area contributed by atoms with Crippen molar-refractivity contribution in [3.8, 4) is 11.3 Å². The zero-order chi connectivity index (χ0) is 11.5. The van der Waals surface area contributed by atoms with Crippen molar-refractivity contribution in [1.82, 2.24) is 4.98 Å². The van der Waals surface area contributed by atoms with Crippen molar-refractivity contribution in [3.63, 3.8) is 0 Å². The van der Waals surface area contributed by atoms with E-state index < -0.39 is 0 Å². The standard InChI is InChI=1S/C13H10ClNO/c1-9(16)11-6-5-10(8-12(11)14)13-4-2-3-7-15-13/h2-8H,1H3. The predicted molar refractivity (Wildman–Crippen MR) is 64.7 cm³/mol. The minimum absolute atomic E-state index is 0.0300. The van der Waals surface area contributed by atoms with E-state index in [1.165, 1.54) is 6.92 Å². The molecule has 16 heavy (non-hydrogen) atoms. The molecular weight excluding hydrogens is 222 g/mol. The van der Waals surface area contributed by atoms with E-state index >= 15 is 0 Å². The summed E-state index contributed by atoms with van der Waals surface area (Å²) in [7, 11) is 0. The van der Waals surface area contributed by atoms with Crippen molar-refractivity contribution in [2.24, 2.45) is 0 Å². The monoisotopic (exact) mass is 231 g/mol. The van der Waals surface area contributed by atoms with Crippen LogP contribution in [0.4, 0.5) is 0 Å². The van der Waals surface area contributed by atoms with Gasteiger partial charge in [0.05, 0.1) is 10.7 Å². The number of nitrogens with zero attached hydrogens (tertiary/aromatic N) is 1. The minimum Gasteiger partial charge on any atom is -0.294 e. The first-order valence-electron chi connectivity index (χ1n) is 4.90. The average molecular weight is 232 g/mol. The van der Waals surface area contributed by atoms with Gasteiger partial charge in [0, 0.05) is 17.3 Å².